The van der Waals surface area contributed by atoms with Crippen molar-refractivity contribution in [1.82, 2.24) is 0 Å². The fourth-order valence-electron chi connectivity index (χ4n) is 0.851. The van der Waals surface area contributed by atoms with Gasteiger partial charge in [0.15, 0.2) is 5.96 Å². The van der Waals surface area contributed by atoms with Crippen LogP contribution in [0.2, 0.25) is 10.0 Å². The van der Waals surface area contributed by atoms with E-state index in [1.165, 1.54) is 0 Å². The number of nitrogens with two attached hydrogens (primary N) is 2. The summed E-state index contributed by atoms with van der Waals surface area (Å²) in [7, 11) is 0. The predicted molar refractivity (Wildman–Crippen MR) is 68.5 cm³/mol. The van der Waals surface area contributed by atoms with Gasteiger partial charge < -0.3 is 16.8 Å². The van der Waals surface area contributed by atoms with E-state index in [4.69, 9.17) is 46.9 Å². The van der Waals surface area contributed by atoms with Crippen molar-refractivity contribution in [3.8, 4) is 0 Å². The van der Waals surface area contributed by atoms with Crippen molar-refractivity contribution < 1.29 is 0 Å². The van der Waals surface area contributed by atoms with Gasteiger partial charge in [0.2, 0.25) is 5.11 Å². The zero-order valence-corrected chi connectivity index (χ0v) is 9.83. The summed E-state index contributed by atoms with van der Waals surface area (Å²) in [6.45, 7) is 0. The summed E-state index contributed by atoms with van der Waals surface area (Å²) in [5.74, 6) is -0.113. The van der Waals surface area contributed by atoms with Gasteiger partial charge in [-0.15, -0.1) is 0 Å². The highest BCUT2D eigenvalue weighted by Gasteiger charge is 2.02. The Labute approximate surface area is 102 Å². The summed E-state index contributed by atoms with van der Waals surface area (Å²) in [4.78, 5) is 3.64. The van der Waals surface area contributed by atoms with E-state index < -0.39 is 0 Å². The molecule has 4 nitrogen and oxygen atoms in total. The second kappa shape index (κ2) is 5.16. The standard InChI is InChI=1S/C8H8Cl2N4S/c9-4-1-2-6(5(10)3-4)13-8(15)14-7(11)12/h1-3H,(H5,11,12,13,14,15). The lowest BCUT2D eigenvalue weighted by atomic mass is 10.3. The van der Waals surface area contributed by atoms with E-state index in [0.717, 1.165) is 0 Å². The molecule has 80 valence electrons. The number of aliphatic imine (C=N–C) groups is 1. The first-order valence-corrected chi connectivity index (χ1v) is 5.01. The Morgan fingerprint density at radius 2 is 2.00 bits per heavy atom. The molecule has 1 aromatic rings. The van der Waals surface area contributed by atoms with Crippen molar-refractivity contribution in [2.45, 2.75) is 0 Å². The average Bonchev–Trinajstić information content (AvgIpc) is 2.08. The van der Waals surface area contributed by atoms with Gasteiger partial charge >= 0.3 is 0 Å². The molecule has 0 spiro atoms. The van der Waals surface area contributed by atoms with Crippen molar-refractivity contribution >= 4 is 52.2 Å². The molecule has 0 heterocycles. The van der Waals surface area contributed by atoms with Crippen molar-refractivity contribution in [3.63, 3.8) is 0 Å². The zero-order chi connectivity index (χ0) is 11.4. The van der Waals surface area contributed by atoms with Crippen molar-refractivity contribution in [2.75, 3.05) is 5.32 Å². The third-order valence-corrected chi connectivity index (χ3v) is 2.14. The van der Waals surface area contributed by atoms with E-state index in [2.05, 4.69) is 10.3 Å². The molecule has 0 fully saturated rings. The molecule has 0 aliphatic carbocycles. The Kier molecular flexibility index (Phi) is 4.14. The van der Waals surface area contributed by atoms with Gasteiger partial charge in [0.05, 0.1) is 10.7 Å². The molecule has 0 saturated heterocycles. The average molecular weight is 263 g/mol. The van der Waals surface area contributed by atoms with Crippen LogP contribution in [0.5, 0.6) is 0 Å². The van der Waals surface area contributed by atoms with E-state index in [1.807, 2.05) is 0 Å². The minimum absolute atomic E-state index is 0.113. The third-order valence-electron chi connectivity index (χ3n) is 1.40. The number of anilines is 1. The van der Waals surface area contributed by atoms with Gasteiger partial charge in [-0.05, 0) is 30.4 Å². The second-order valence-corrected chi connectivity index (χ2v) is 3.82. The highest BCUT2D eigenvalue weighted by atomic mass is 35.5. The van der Waals surface area contributed by atoms with Crippen LogP contribution >= 0.6 is 35.4 Å². The maximum Gasteiger partial charge on any atom is 0.200 e. The fraction of sp³-hybridized carbons (Fsp3) is 0. The lowest BCUT2D eigenvalue weighted by Crippen LogP contribution is -2.25. The molecule has 0 atom stereocenters. The quantitative estimate of drug-likeness (QED) is 0.411. The SMILES string of the molecule is NC(N)=NC(=S)Nc1ccc(Cl)cc1Cl. The summed E-state index contributed by atoms with van der Waals surface area (Å²) in [6, 6.07) is 4.94. The summed E-state index contributed by atoms with van der Waals surface area (Å²) < 4.78 is 0. The first-order chi connectivity index (χ1) is 6.99. The number of guanidine groups is 1. The molecule has 0 bridgehead atoms. The maximum atomic E-state index is 5.89. The van der Waals surface area contributed by atoms with Crippen LogP contribution in [0.25, 0.3) is 0 Å². The molecule has 0 amide bonds. The van der Waals surface area contributed by atoms with Crippen molar-refractivity contribution in [1.29, 1.82) is 0 Å². The molecule has 0 aliphatic heterocycles. The van der Waals surface area contributed by atoms with E-state index in [1.54, 1.807) is 18.2 Å². The van der Waals surface area contributed by atoms with Crippen LogP contribution in [0.15, 0.2) is 23.2 Å². The smallest absolute Gasteiger partial charge is 0.200 e. The van der Waals surface area contributed by atoms with Gasteiger partial charge in [-0.25, -0.2) is 0 Å². The monoisotopic (exact) mass is 262 g/mol. The van der Waals surface area contributed by atoms with Crippen molar-refractivity contribution in [2.24, 2.45) is 16.5 Å². The van der Waals surface area contributed by atoms with Crippen LogP contribution in [-0.2, 0) is 0 Å². The van der Waals surface area contributed by atoms with Gasteiger partial charge in [0.25, 0.3) is 0 Å². The normalized spacial score (nSPS) is 9.47. The number of hydrogen-bond donors (Lipinski definition) is 3. The number of benzene rings is 1. The van der Waals surface area contributed by atoms with E-state index in [-0.39, 0.29) is 11.1 Å². The number of thiocarbonyl (C=S) groups is 1. The second-order valence-electron chi connectivity index (χ2n) is 2.59. The van der Waals surface area contributed by atoms with Gasteiger partial charge in [-0.3, -0.25) is 0 Å². The molecular weight excluding hydrogens is 255 g/mol. The van der Waals surface area contributed by atoms with Crippen LogP contribution in [0.1, 0.15) is 0 Å². The number of hydrogen-bond acceptors (Lipinski definition) is 1. The third kappa shape index (κ3) is 3.91. The summed E-state index contributed by atoms with van der Waals surface area (Å²) in [6.07, 6.45) is 0. The Morgan fingerprint density at radius 3 is 2.53 bits per heavy atom. The number of rotatable bonds is 1. The number of nitrogens with zero attached hydrogens (tertiary/aromatic N) is 1. The molecule has 0 aromatic heterocycles. The van der Waals surface area contributed by atoms with Gasteiger partial charge in [-0.2, -0.15) is 4.99 Å². The lowest BCUT2D eigenvalue weighted by Gasteiger charge is -2.06. The van der Waals surface area contributed by atoms with E-state index in [9.17, 15) is 0 Å². The van der Waals surface area contributed by atoms with E-state index >= 15 is 0 Å². The predicted octanol–water partition coefficient (Wildman–Crippen LogP) is 1.96. The van der Waals surface area contributed by atoms with Crippen LogP contribution in [0, 0.1) is 0 Å². The van der Waals surface area contributed by atoms with Crippen LogP contribution < -0.4 is 16.8 Å². The van der Waals surface area contributed by atoms with Gasteiger partial charge in [0, 0.05) is 5.02 Å². The van der Waals surface area contributed by atoms with Crippen LogP contribution in [0.4, 0.5) is 5.69 Å². The summed E-state index contributed by atoms with van der Waals surface area (Å²) in [5, 5.41) is 3.88. The Hall–Kier alpha value is -1.04. The molecule has 0 unspecified atom stereocenters. The highest BCUT2D eigenvalue weighted by Crippen LogP contribution is 2.25. The molecule has 1 aromatic carbocycles. The molecule has 0 saturated carbocycles. The minimum Gasteiger partial charge on any atom is -0.370 e. The fourth-order valence-corrected chi connectivity index (χ4v) is 1.52. The Morgan fingerprint density at radius 1 is 1.33 bits per heavy atom. The van der Waals surface area contributed by atoms with Crippen molar-refractivity contribution in [3.05, 3.63) is 28.2 Å². The molecule has 1 rings (SSSR count). The lowest BCUT2D eigenvalue weighted by molar-refractivity contribution is 1.48. The van der Waals surface area contributed by atoms with Gasteiger partial charge in [-0.1, -0.05) is 23.2 Å². The Bertz CT molecular complexity index is 415. The van der Waals surface area contributed by atoms with Gasteiger partial charge in [0.1, 0.15) is 0 Å². The summed E-state index contributed by atoms with van der Waals surface area (Å²) in [5.41, 5.74) is 10.9. The molecule has 0 aliphatic rings. The zero-order valence-electron chi connectivity index (χ0n) is 7.50. The molecule has 0 radical (unpaired) electrons. The first kappa shape index (κ1) is 12.0. The first-order valence-electron chi connectivity index (χ1n) is 3.84. The number of halogens is 2. The highest BCUT2D eigenvalue weighted by molar-refractivity contribution is 7.80. The summed E-state index contributed by atoms with van der Waals surface area (Å²) >= 11 is 16.5. The minimum atomic E-state index is -0.113. The molecular formula is C8H8Cl2N4S. The molecule has 15 heavy (non-hydrogen) atoms. The van der Waals surface area contributed by atoms with Crippen LogP contribution in [-0.4, -0.2) is 11.1 Å². The topological polar surface area (TPSA) is 76.4 Å². The largest absolute Gasteiger partial charge is 0.370 e. The molecule has 7 heteroatoms. The Balaban J connectivity index is 2.82. The van der Waals surface area contributed by atoms with E-state index in [0.29, 0.717) is 15.7 Å². The maximum absolute atomic E-state index is 5.89. The van der Waals surface area contributed by atoms with Crippen LogP contribution in [0.3, 0.4) is 0 Å². The number of nitrogens with one attached hydrogen (secondary N) is 1. The molecule has 5 N–H and O–H groups in total.